The summed E-state index contributed by atoms with van der Waals surface area (Å²) in [5, 5.41) is 0. The zero-order chi connectivity index (χ0) is 6.41. The highest BCUT2D eigenvalue weighted by atomic mass is 79.9. The van der Waals surface area contributed by atoms with Crippen molar-refractivity contribution < 1.29 is 0 Å². The van der Waals surface area contributed by atoms with Gasteiger partial charge in [0.1, 0.15) is 0 Å². The van der Waals surface area contributed by atoms with E-state index in [4.69, 9.17) is 0 Å². The summed E-state index contributed by atoms with van der Waals surface area (Å²) in [6.45, 7) is 6.43. The van der Waals surface area contributed by atoms with Crippen molar-refractivity contribution in [2.24, 2.45) is 0 Å². The van der Waals surface area contributed by atoms with Gasteiger partial charge in [0.2, 0.25) is 0 Å². The Bertz CT molecular complexity index is 66.9. The first-order chi connectivity index (χ1) is 3.85. The number of halogens is 1. The molecule has 0 amide bonds. The molecular formula is C6H12BrN. The van der Waals surface area contributed by atoms with E-state index in [1.165, 1.54) is 0 Å². The van der Waals surface area contributed by atoms with Crippen LogP contribution < -0.4 is 0 Å². The highest BCUT2D eigenvalue weighted by Gasteiger charge is 1.85. The molecule has 0 radical (unpaired) electrons. The Morgan fingerprint density at radius 3 is 2.00 bits per heavy atom. The Morgan fingerprint density at radius 1 is 1.38 bits per heavy atom. The van der Waals surface area contributed by atoms with Crippen molar-refractivity contribution >= 4 is 15.9 Å². The number of nitrogens with zero attached hydrogens (tertiary/aromatic N) is 1. The molecule has 0 aliphatic carbocycles. The summed E-state index contributed by atoms with van der Waals surface area (Å²) in [6.07, 6.45) is 2.03. The van der Waals surface area contributed by atoms with Gasteiger partial charge in [-0.05, 0) is 18.8 Å². The summed E-state index contributed by atoms with van der Waals surface area (Å²) in [7, 11) is 0. The van der Waals surface area contributed by atoms with Crippen molar-refractivity contribution in [3.8, 4) is 0 Å². The Labute approximate surface area is 59.5 Å². The maximum Gasteiger partial charge on any atom is 0.0144 e. The lowest BCUT2D eigenvalue weighted by atomic mass is 10.5. The minimum absolute atomic E-state index is 1.08. The average molecular weight is 178 g/mol. The van der Waals surface area contributed by atoms with Gasteiger partial charge in [-0.15, -0.1) is 0 Å². The molecule has 0 aromatic carbocycles. The van der Waals surface area contributed by atoms with Crippen molar-refractivity contribution in [3.05, 3.63) is 11.2 Å². The predicted octanol–water partition coefficient (Wildman–Crippen LogP) is 2.19. The first-order valence-corrected chi connectivity index (χ1v) is 3.77. The van der Waals surface area contributed by atoms with Crippen LogP contribution in [0, 0.1) is 0 Å². The van der Waals surface area contributed by atoms with Crippen LogP contribution in [-0.4, -0.2) is 18.0 Å². The van der Waals surface area contributed by atoms with Crippen LogP contribution in [0.3, 0.4) is 0 Å². The van der Waals surface area contributed by atoms with Crippen LogP contribution >= 0.6 is 15.9 Å². The van der Waals surface area contributed by atoms with Crippen molar-refractivity contribution in [1.29, 1.82) is 0 Å². The lowest BCUT2D eigenvalue weighted by Crippen LogP contribution is -2.14. The lowest BCUT2D eigenvalue weighted by molar-refractivity contribution is 0.420. The first kappa shape index (κ1) is 8.02. The standard InChI is InChI=1S/C6H12BrN/c1-3-8(4-2)6-5-7/h5-6H,3-4H2,1-2H3/b6-5+. The smallest absolute Gasteiger partial charge is 0.0144 e. The third kappa shape index (κ3) is 3.08. The van der Waals surface area contributed by atoms with E-state index in [1.807, 2.05) is 11.2 Å². The second-order valence-electron chi connectivity index (χ2n) is 1.50. The molecule has 0 aromatic heterocycles. The van der Waals surface area contributed by atoms with Gasteiger partial charge in [0.05, 0.1) is 0 Å². The fourth-order valence-corrected chi connectivity index (χ4v) is 0.848. The normalized spacial score (nSPS) is 10.4. The molecule has 0 saturated heterocycles. The molecule has 0 saturated carbocycles. The molecule has 1 nitrogen and oxygen atoms in total. The third-order valence-corrected chi connectivity index (χ3v) is 1.32. The molecule has 8 heavy (non-hydrogen) atoms. The number of hydrogen-bond acceptors (Lipinski definition) is 1. The van der Waals surface area contributed by atoms with Gasteiger partial charge in [-0.1, -0.05) is 15.9 Å². The zero-order valence-electron chi connectivity index (χ0n) is 5.39. The lowest BCUT2D eigenvalue weighted by Gasteiger charge is -2.13. The van der Waals surface area contributed by atoms with E-state index >= 15 is 0 Å². The SMILES string of the molecule is CCN(/C=C/Br)CC. The second kappa shape index (κ2) is 5.16. The van der Waals surface area contributed by atoms with E-state index in [0.29, 0.717) is 0 Å². The Balaban J connectivity index is 3.36. The van der Waals surface area contributed by atoms with Crippen LogP contribution in [0.15, 0.2) is 11.2 Å². The maximum absolute atomic E-state index is 3.21. The molecule has 0 N–H and O–H groups in total. The molecule has 0 fully saturated rings. The van der Waals surface area contributed by atoms with E-state index in [-0.39, 0.29) is 0 Å². The summed E-state index contributed by atoms with van der Waals surface area (Å²) in [5.41, 5.74) is 0. The van der Waals surface area contributed by atoms with Gasteiger partial charge in [0.15, 0.2) is 0 Å². The Hall–Kier alpha value is 0.0200. The van der Waals surface area contributed by atoms with E-state index in [2.05, 4.69) is 34.7 Å². The minimum atomic E-state index is 1.08. The van der Waals surface area contributed by atoms with Crippen LogP contribution in [0.2, 0.25) is 0 Å². The maximum atomic E-state index is 3.21. The molecule has 0 aliphatic rings. The molecule has 0 bridgehead atoms. The topological polar surface area (TPSA) is 3.24 Å². The quantitative estimate of drug-likeness (QED) is 0.640. The van der Waals surface area contributed by atoms with E-state index in [9.17, 15) is 0 Å². The number of hydrogen-bond donors (Lipinski definition) is 0. The summed E-state index contributed by atoms with van der Waals surface area (Å²) in [5.74, 6) is 0. The van der Waals surface area contributed by atoms with E-state index in [0.717, 1.165) is 13.1 Å². The molecular weight excluding hydrogens is 166 g/mol. The summed E-state index contributed by atoms with van der Waals surface area (Å²) < 4.78 is 0. The third-order valence-electron chi connectivity index (χ3n) is 1.08. The van der Waals surface area contributed by atoms with Crippen molar-refractivity contribution in [3.63, 3.8) is 0 Å². The molecule has 0 rings (SSSR count). The number of rotatable bonds is 3. The molecule has 0 aromatic rings. The van der Waals surface area contributed by atoms with Crippen LogP contribution in [0.5, 0.6) is 0 Å². The van der Waals surface area contributed by atoms with E-state index in [1.54, 1.807) is 0 Å². The van der Waals surface area contributed by atoms with Gasteiger partial charge in [0, 0.05) is 19.3 Å². The van der Waals surface area contributed by atoms with Gasteiger partial charge in [0.25, 0.3) is 0 Å². The van der Waals surface area contributed by atoms with Gasteiger partial charge >= 0.3 is 0 Å². The predicted molar refractivity (Wildman–Crippen MR) is 41.0 cm³/mol. The van der Waals surface area contributed by atoms with Crippen molar-refractivity contribution in [2.75, 3.05) is 13.1 Å². The largest absolute Gasteiger partial charge is 0.377 e. The van der Waals surface area contributed by atoms with Crippen LogP contribution in [0.1, 0.15) is 13.8 Å². The average Bonchev–Trinajstić information content (AvgIpc) is 1.83. The monoisotopic (exact) mass is 177 g/mol. The van der Waals surface area contributed by atoms with Crippen molar-refractivity contribution in [1.82, 2.24) is 4.90 Å². The van der Waals surface area contributed by atoms with Gasteiger partial charge in [-0.3, -0.25) is 0 Å². The van der Waals surface area contributed by atoms with Crippen LogP contribution in [0.4, 0.5) is 0 Å². The summed E-state index contributed by atoms with van der Waals surface area (Å²) >= 11 is 3.21. The molecule has 48 valence electrons. The summed E-state index contributed by atoms with van der Waals surface area (Å²) in [6, 6.07) is 0. The highest BCUT2D eigenvalue weighted by Crippen LogP contribution is 1.90. The van der Waals surface area contributed by atoms with Crippen molar-refractivity contribution in [2.45, 2.75) is 13.8 Å². The molecule has 0 spiro atoms. The van der Waals surface area contributed by atoms with Gasteiger partial charge in [-0.2, -0.15) is 0 Å². The zero-order valence-corrected chi connectivity index (χ0v) is 6.98. The highest BCUT2D eigenvalue weighted by molar-refractivity contribution is 9.11. The first-order valence-electron chi connectivity index (χ1n) is 2.86. The molecule has 0 unspecified atom stereocenters. The minimum Gasteiger partial charge on any atom is -0.377 e. The van der Waals surface area contributed by atoms with Gasteiger partial charge < -0.3 is 4.90 Å². The molecule has 0 aliphatic heterocycles. The second-order valence-corrected chi connectivity index (χ2v) is 2.02. The fourth-order valence-electron chi connectivity index (χ4n) is 0.514. The van der Waals surface area contributed by atoms with Gasteiger partial charge in [-0.25, -0.2) is 0 Å². The Kier molecular flexibility index (Phi) is 5.18. The molecule has 0 atom stereocenters. The van der Waals surface area contributed by atoms with Crippen LogP contribution in [0.25, 0.3) is 0 Å². The Morgan fingerprint density at radius 2 is 1.88 bits per heavy atom. The van der Waals surface area contributed by atoms with Crippen LogP contribution in [-0.2, 0) is 0 Å². The molecule has 0 heterocycles. The summed E-state index contributed by atoms with van der Waals surface area (Å²) in [4.78, 5) is 4.08. The molecule has 2 heteroatoms. The van der Waals surface area contributed by atoms with E-state index < -0.39 is 0 Å². The fraction of sp³-hybridized carbons (Fsp3) is 0.667.